The van der Waals surface area contributed by atoms with E-state index in [4.69, 9.17) is 4.52 Å². The summed E-state index contributed by atoms with van der Waals surface area (Å²) in [7, 11) is 0. The minimum Gasteiger partial charge on any atom is -0.339 e. The molecule has 3 rings (SSSR count). The summed E-state index contributed by atoms with van der Waals surface area (Å²) in [4.78, 5) is 4.40. The first-order valence-corrected chi connectivity index (χ1v) is 7.14. The lowest BCUT2D eigenvalue weighted by atomic mass is 10.2. The minimum atomic E-state index is 0.632. The average molecular weight is 321 g/mol. The molecule has 1 aromatic carbocycles. The molecule has 18 heavy (non-hydrogen) atoms. The molecule has 0 bridgehead atoms. The van der Waals surface area contributed by atoms with E-state index in [1.54, 1.807) is 11.3 Å². The van der Waals surface area contributed by atoms with Crippen molar-refractivity contribution in [3.63, 3.8) is 0 Å². The standard InChI is InChI=1S/C13H9BrN2OS/c14-11-3-1-10(2-4-11)13-15-12(17-16-13)7-9-5-6-18-8-9/h1-6,8H,7H2. The van der Waals surface area contributed by atoms with Gasteiger partial charge in [0.2, 0.25) is 11.7 Å². The van der Waals surface area contributed by atoms with Gasteiger partial charge in [-0.25, -0.2) is 0 Å². The average Bonchev–Trinajstić information content (AvgIpc) is 3.02. The molecule has 0 saturated heterocycles. The SMILES string of the molecule is Brc1ccc(-c2noc(Cc3ccsc3)n2)cc1. The summed E-state index contributed by atoms with van der Waals surface area (Å²) in [5, 5.41) is 8.13. The summed E-state index contributed by atoms with van der Waals surface area (Å²) in [6, 6.07) is 9.91. The van der Waals surface area contributed by atoms with Crippen LogP contribution >= 0.6 is 27.3 Å². The molecule has 0 atom stereocenters. The largest absolute Gasteiger partial charge is 0.339 e. The van der Waals surface area contributed by atoms with Crippen LogP contribution in [0.1, 0.15) is 11.5 Å². The lowest BCUT2D eigenvalue weighted by Crippen LogP contribution is -1.86. The second kappa shape index (κ2) is 5.04. The molecule has 2 heterocycles. The zero-order valence-corrected chi connectivity index (χ0v) is 11.7. The molecule has 0 radical (unpaired) electrons. The van der Waals surface area contributed by atoms with Gasteiger partial charge < -0.3 is 4.52 Å². The van der Waals surface area contributed by atoms with Crippen LogP contribution in [0.2, 0.25) is 0 Å². The van der Waals surface area contributed by atoms with Gasteiger partial charge >= 0.3 is 0 Å². The van der Waals surface area contributed by atoms with Gasteiger partial charge in [0.1, 0.15) is 0 Å². The summed E-state index contributed by atoms with van der Waals surface area (Å²) in [6.45, 7) is 0. The molecule has 0 saturated carbocycles. The molecule has 3 nitrogen and oxygen atoms in total. The Bertz CT molecular complexity index is 631. The van der Waals surface area contributed by atoms with Crippen LogP contribution in [-0.2, 0) is 6.42 Å². The van der Waals surface area contributed by atoms with E-state index >= 15 is 0 Å². The van der Waals surface area contributed by atoms with Crippen LogP contribution in [0.15, 0.2) is 50.1 Å². The number of rotatable bonds is 3. The molecule has 0 N–H and O–H groups in total. The highest BCUT2D eigenvalue weighted by Crippen LogP contribution is 2.20. The van der Waals surface area contributed by atoms with Gasteiger partial charge in [-0.05, 0) is 46.7 Å². The van der Waals surface area contributed by atoms with Gasteiger partial charge in [0.25, 0.3) is 0 Å². The van der Waals surface area contributed by atoms with Crippen molar-refractivity contribution in [2.45, 2.75) is 6.42 Å². The Hall–Kier alpha value is -1.46. The first kappa shape index (κ1) is 11.6. The van der Waals surface area contributed by atoms with E-state index in [0.29, 0.717) is 18.1 Å². The summed E-state index contributed by atoms with van der Waals surface area (Å²) in [5.74, 6) is 1.28. The predicted octanol–water partition coefficient (Wildman–Crippen LogP) is 4.15. The third-order valence-corrected chi connectivity index (χ3v) is 3.77. The second-order valence-electron chi connectivity index (χ2n) is 3.83. The van der Waals surface area contributed by atoms with Gasteiger partial charge in [-0.1, -0.05) is 21.1 Å². The fourth-order valence-electron chi connectivity index (χ4n) is 1.61. The second-order valence-corrected chi connectivity index (χ2v) is 5.52. The molecule has 0 aliphatic heterocycles. The Morgan fingerprint density at radius 3 is 2.72 bits per heavy atom. The topological polar surface area (TPSA) is 38.9 Å². The maximum absolute atomic E-state index is 5.25. The molecule has 5 heteroatoms. The van der Waals surface area contributed by atoms with Crippen LogP contribution < -0.4 is 0 Å². The first-order valence-electron chi connectivity index (χ1n) is 5.41. The van der Waals surface area contributed by atoms with Crippen molar-refractivity contribution in [1.29, 1.82) is 0 Å². The van der Waals surface area contributed by atoms with Gasteiger partial charge in [0.05, 0.1) is 6.42 Å². The van der Waals surface area contributed by atoms with E-state index in [1.165, 1.54) is 5.56 Å². The number of benzene rings is 1. The van der Waals surface area contributed by atoms with E-state index in [0.717, 1.165) is 10.0 Å². The predicted molar refractivity (Wildman–Crippen MR) is 74.6 cm³/mol. The molecule has 0 aliphatic rings. The molecular formula is C13H9BrN2OS. The number of aromatic nitrogens is 2. The van der Waals surface area contributed by atoms with E-state index < -0.39 is 0 Å². The van der Waals surface area contributed by atoms with Crippen LogP contribution in [0, 0.1) is 0 Å². The molecule has 0 unspecified atom stereocenters. The van der Waals surface area contributed by atoms with Gasteiger partial charge in [0, 0.05) is 10.0 Å². The Kier molecular flexibility index (Phi) is 3.25. The first-order chi connectivity index (χ1) is 8.81. The van der Waals surface area contributed by atoms with Crippen LogP contribution in [0.4, 0.5) is 0 Å². The van der Waals surface area contributed by atoms with Gasteiger partial charge in [-0.3, -0.25) is 0 Å². The Morgan fingerprint density at radius 1 is 1.17 bits per heavy atom. The van der Waals surface area contributed by atoms with E-state index in [9.17, 15) is 0 Å². The molecule has 90 valence electrons. The smallest absolute Gasteiger partial charge is 0.231 e. The van der Waals surface area contributed by atoms with Crippen molar-refractivity contribution in [2.24, 2.45) is 0 Å². The molecule has 3 aromatic rings. The lowest BCUT2D eigenvalue weighted by Gasteiger charge is -1.93. The maximum atomic E-state index is 5.25. The summed E-state index contributed by atoms with van der Waals surface area (Å²) in [5.41, 5.74) is 2.16. The molecular weight excluding hydrogens is 312 g/mol. The van der Waals surface area contributed by atoms with Crippen LogP contribution in [-0.4, -0.2) is 10.1 Å². The van der Waals surface area contributed by atoms with E-state index in [1.807, 2.05) is 29.6 Å². The number of hydrogen-bond donors (Lipinski definition) is 0. The maximum Gasteiger partial charge on any atom is 0.231 e. The highest BCUT2D eigenvalue weighted by Gasteiger charge is 2.09. The van der Waals surface area contributed by atoms with Crippen molar-refractivity contribution < 1.29 is 4.52 Å². The number of thiophene rings is 1. The quantitative estimate of drug-likeness (QED) is 0.727. The van der Waals surface area contributed by atoms with Crippen LogP contribution in [0.25, 0.3) is 11.4 Å². The monoisotopic (exact) mass is 320 g/mol. The van der Waals surface area contributed by atoms with Gasteiger partial charge in [-0.15, -0.1) is 0 Å². The van der Waals surface area contributed by atoms with Crippen molar-refractivity contribution in [1.82, 2.24) is 10.1 Å². The van der Waals surface area contributed by atoms with Crippen LogP contribution in [0.5, 0.6) is 0 Å². The zero-order valence-electron chi connectivity index (χ0n) is 9.34. The summed E-state index contributed by atoms with van der Waals surface area (Å²) >= 11 is 5.07. The molecule has 0 aliphatic carbocycles. The third kappa shape index (κ3) is 2.52. The lowest BCUT2D eigenvalue weighted by molar-refractivity contribution is 0.386. The Balaban J connectivity index is 1.83. The molecule has 0 amide bonds. The number of hydrogen-bond acceptors (Lipinski definition) is 4. The zero-order chi connectivity index (χ0) is 12.4. The van der Waals surface area contributed by atoms with Gasteiger partial charge in [0.15, 0.2) is 0 Å². The highest BCUT2D eigenvalue weighted by molar-refractivity contribution is 9.10. The van der Waals surface area contributed by atoms with Crippen molar-refractivity contribution in [3.8, 4) is 11.4 Å². The Morgan fingerprint density at radius 2 is 2.00 bits per heavy atom. The third-order valence-electron chi connectivity index (χ3n) is 2.51. The molecule has 2 aromatic heterocycles. The number of halogens is 1. The van der Waals surface area contributed by atoms with E-state index in [2.05, 4.69) is 37.5 Å². The number of nitrogens with zero attached hydrogens (tertiary/aromatic N) is 2. The van der Waals surface area contributed by atoms with Crippen molar-refractivity contribution >= 4 is 27.3 Å². The Labute approximate surface area is 117 Å². The minimum absolute atomic E-state index is 0.632. The fraction of sp³-hybridized carbons (Fsp3) is 0.0769. The summed E-state index contributed by atoms with van der Waals surface area (Å²) in [6.07, 6.45) is 0.688. The fourth-order valence-corrected chi connectivity index (χ4v) is 2.54. The van der Waals surface area contributed by atoms with Gasteiger partial charge in [-0.2, -0.15) is 16.3 Å². The normalized spacial score (nSPS) is 10.7. The van der Waals surface area contributed by atoms with Crippen molar-refractivity contribution in [2.75, 3.05) is 0 Å². The van der Waals surface area contributed by atoms with Crippen LogP contribution in [0.3, 0.4) is 0 Å². The molecule has 0 fully saturated rings. The summed E-state index contributed by atoms with van der Waals surface area (Å²) < 4.78 is 6.29. The molecule has 0 spiro atoms. The highest BCUT2D eigenvalue weighted by atomic mass is 79.9. The van der Waals surface area contributed by atoms with Crippen molar-refractivity contribution in [3.05, 3.63) is 57.0 Å². The van der Waals surface area contributed by atoms with E-state index in [-0.39, 0.29) is 0 Å².